The summed E-state index contributed by atoms with van der Waals surface area (Å²) in [7, 11) is -5.64. The van der Waals surface area contributed by atoms with Crippen LogP contribution in [0, 0.1) is 41.4 Å². The van der Waals surface area contributed by atoms with Crippen molar-refractivity contribution in [1.29, 1.82) is 0 Å². The minimum atomic E-state index is -3.52. The normalized spacial score (nSPS) is 21.3. The average molecular weight is 1780 g/mol. The van der Waals surface area contributed by atoms with Crippen LogP contribution in [0.2, 0.25) is 0 Å². The van der Waals surface area contributed by atoms with E-state index in [1.165, 1.54) is 108 Å². The molecule has 0 atom stereocenters. The standard InChI is InChI=1S/C18H21N5O.C17H21N5O2S.C15H19N5O.C14H12N4O2S.C13H17N5O2S.C9H8N4O2/c24-17(15-3-1-14(2-4-15)16-20-22-23-21-16)19-18-8-11-5-12(9-18)7-13(6-11)10-18;23-25(24,15-3-1-14(2-4-15)16-18-21-22-19-16)20-17-8-11-5-12(9-17)7-13(6-11)10-17;21-15(16-10-11-4-2-1-3-5-11)13-8-6-12(7-9-13)14-17-19-20-18-14;19-14(20-8-7-12-2-1-9-21-12)11-5-3-10(4-6-11)13-15-17-18-16-13;19-21(20,16-11-4-2-1-3-5-11)12-8-6-10(7-9-12)13-14-17-18-15-13;1-15-9(14)7-4-2-6(3-5-7)8-10-12-13-11-8/h1-4,11-13H,5-10H2,(H,19,24)(H,20,21,22,23);1-4,11-13,20H,5-10H2,(H,18,19,21,22);6-9,11H,1-5,10H2,(H,16,21)(H,17,18,19,20);1-6,9H,7-8H2,(H,15,16,17,18);6-9,11,16H,1-5H2,(H,14,15,17,18);2-5H,1H3,(H,10,11,12,13). The van der Waals surface area contributed by atoms with Crippen LogP contribution in [0.15, 0.2) is 173 Å². The summed E-state index contributed by atoms with van der Waals surface area (Å²) in [5.74, 6) is 7.55. The van der Waals surface area contributed by atoms with Crippen molar-refractivity contribution < 1.29 is 45.5 Å². The number of amides is 2. The molecule has 38 nitrogen and oxygen atoms in total. The molecule has 127 heavy (non-hydrogen) atoms. The summed E-state index contributed by atoms with van der Waals surface area (Å²) in [5.41, 5.74) is 6.94. The number of esters is 2. The van der Waals surface area contributed by atoms with Gasteiger partial charge in [0.2, 0.25) is 55.0 Å². The molecule has 660 valence electrons. The highest BCUT2D eigenvalue weighted by molar-refractivity contribution is 7.89. The Balaban J connectivity index is 0.000000113. The Morgan fingerprint density at radius 3 is 1.09 bits per heavy atom. The molecule has 0 radical (unpaired) electrons. The number of thiophene rings is 1. The maximum atomic E-state index is 13.0. The van der Waals surface area contributed by atoms with E-state index >= 15 is 0 Å². The van der Waals surface area contributed by atoms with Gasteiger partial charge in [-0.15, -0.1) is 72.5 Å². The summed E-state index contributed by atoms with van der Waals surface area (Å²) in [6.07, 6.45) is 26.9. The van der Waals surface area contributed by atoms with Crippen molar-refractivity contribution in [1.82, 2.24) is 144 Å². The molecule has 10 aliphatic carbocycles. The number of carbonyl (C=O) groups is 4. The molecule has 8 bridgehead atoms. The Kier molecular flexibility index (Phi) is 28.0. The van der Waals surface area contributed by atoms with Crippen LogP contribution in [0.1, 0.15) is 188 Å². The number of H-pyrrole nitrogens is 6. The molecule has 10 saturated carbocycles. The van der Waals surface area contributed by atoms with Crippen LogP contribution in [0.4, 0.5) is 0 Å². The topological polar surface area (TPSA) is 530 Å². The van der Waals surface area contributed by atoms with E-state index in [9.17, 15) is 36.0 Å². The van der Waals surface area contributed by atoms with Gasteiger partial charge in [0.15, 0.2) is 0 Å². The molecule has 10 aliphatic rings. The molecule has 10 N–H and O–H groups in total. The summed E-state index contributed by atoms with van der Waals surface area (Å²) in [6.45, 7) is 1.16. The van der Waals surface area contributed by atoms with Crippen molar-refractivity contribution in [3.63, 3.8) is 0 Å². The van der Waals surface area contributed by atoms with Crippen LogP contribution in [0.25, 0.3) is 68.3 Å². The van der Waals surface area contributed by atoms with E-state index in [0.29, 0.717) is 92.4 Å². The second kappa shape index (κ2) is 40.6. The number of hydrogen-bond donors (Lipinski definition) is 10. The Morgan fingerprint density at radius 2 is 0.740 bits per heavy atom. The van der Waals surface area contributed by atoms with Crippen LogP contribution < -0.4 is 20.1 Å². The molecule has 2 amide bonds. The number of nitrogens with zero attached hydrogens (tertiary/aromatic N) is 18. The van der Waals surface area contributed by atoms with Gasteiger partial charge in [-0.3, -0.25) is 9.59 Å². The van der Waals surface area contributed by atoms with E-state index in [1.54, 1.807) is 121 Å². The molecule has 0 saturated heterocycles. The highest BCUT2D eigenvalue weighted by atomic mass is 32.2. The molecular weight excluding hydrogens is 1680 g/mol. The number of sulfonamides is 2. The van der Waals surface area contributed by atoms with E-state index < -0.39 is 20.0 Å². The number of rotatable bonds is 22. The number of tetrazole rings is 6. The minimum absolute atomic E-state index is 0.0137. The van der Waals surface area contributed by atoms with Gasteiger partial charge in [-0.25, -0.2) is 35.9 Å². The number of nitrogens with one attached hydrogen (secondary N) is 10. The van der Waals surface area contributed by atoms with Gasteiger partial charge in [0, 0.05) is 79.5 Å². The van der Waals surface area contributed by atoms with E-state index in [-0.39, 0.29) is 45.8 Å². The zero-order chi connectivity index (χ0) is 87.6. The van der Waals surface area contributed by atoms with Crippen LogP contribution >= 0.6 is 11.3 Å². The number of methoxy groups -OCH3 is 1. The van der Waals surface area contributed by atoms with Crippen molar-refractivity contribution in [3.8, 4) is 68.3 Å². The van der Waals surface area contributed by atoms with Crippen molar-refractivity contribution in [2.45, 2.75) is 175 Å². The third-order valence-electron chi connectivity index (χ3n) is 24.8. The SMILES string of the molecule is COC(=O)c1ccc(-c2nn[nH]n2)cc1.O=C(NC12CC3CC(CC(C3)C1)C2)c1ccc(-c2nn[nH]n2)cc1.O=C(NCC1CCCCC1)c1ccc(-c2nn[nH]n2)cc1.O=C(OCCc1cccs1)c1ccc(-c2nn[nH]n2)cc1.O=S(=O)(NC12CC3CC(CC(C3)C1)C2)c1ccc(-c2nn[nH]n2)cc1.O=S(=O)(NC1CCCCC1)c1ccc(-c2nn[nH]n2)cc1. The number of benzene rings is 6. The summed E-state index contributed by atoms with van der Waals surface area (Å²) in [6, 6.07) is 45.6. The number of hydrogen-bond acceptors (Lipinski definition) is 29. The molecule has 0 aliphatic heterocycles. The minimum Gasteiger partial charge on any atom is -0.465 e. The molecular formula is C86H98N28O10S3. The third kappa shape index (κ3) is 22.9. The fourth-order valence-corrected chi connectivity index (χ4v) is 23.0. The predicted molar refractivity (Wildman–Crippen MR) is 463 cm³/mol. The van der Waals surface area contributed by atoms with Crippen LogP contribution in [0.5, 0.6) is 0 Å². The van der Waals surface area contributed by atoms with E-state index in [2.05, 4.69) is 149 Å². The van der Waals surface area contributed by atoms with Gasteiger partial charge < -0.3 is 20.1 Å². The fraction of sp³-hybridized carbons (Fsp3) is 0.419. The van der Waals surface area contributed by atoms with E-state index in [4.69, 9.17) is 4.74 Å². The van der Waals surface area contributed by atoms with Crippen molar-refractivity contribution in [2.75, 3.05) is 20.3 Å². The largest absolute Gasteiger partial charge is 0.465 e. The van der Waals surface area contributed by atoms with Crippen molar-refractivity contribution >= 4 is 55.1 Å². The van der Waals surface area contributed by atoms with Crippen molar-refractivity contribution in [3.05, 3.63) is 190 Å². The lowest BCUT2D eigenvalue weighted by Gasteiger charge is -2.56. The maximum absolute atomic E-state index is 13.0. The molecule has 0 spiro atoms. The second-order valence-electron chi connectivity index (χ2n) is 33.9. The molecule has 0 unspecified atom stereocenters. The highest BCUT2D eigenvalue weighted by Gasteiger charge is 2.53. The second-order valence-corrected chi connectivity index (χ2v) is 38.3. The summed E-state index contributed by atoms with van der Waals surface area (Å²) < 4.78 is 66.3. The Labute approximate surface area is 735 Å². The lowest BCUT2D eigenvalue weighted by Crippen LogP contribution is -2.59. The number of aromatic amines is 6. The first-order chi connectivity index (χ1) is 61.8. The summed E-state index contributed by atoms with van der Waals surface area (Å²) in [4.78, 5) is 49.7. The Hall–Kier alpha value is -12.9. The zero-order valence-electron chi connectivity index (χ0n) is 69.7. The van der Waals surface area contributed by atoms with Crippen LogP contribution in [0.3, 0.4) is 0 Å². The van der Waals surface area contributed by atoms with Crippen LogP contribution in [-0.4, -0.2) is 202 Å². The molecule has 41 heteroatoms. The van der Waals surface area contributed by atoms with Gasteiger partial charge in [0.1, 0.15) is 0 Å². The fourth-order valence-electron chi connectivity index (χ4n) is 19.6. The molecule has 6 aromatic carbocycles. The molecule has 7 heterocycles. The van der Waals surface area contributed by atoms with Gasteiger partial charge in [0.25, 0.3) is 11.8 Å². The van der Waals surface area contributed by atoms with Gasteiger partial charge >= 0.3 is 11.9 Å². The van der Waals surface area contributed by atoms with Crippen molar-refractivity contribution in [2.24, 2.45) is 41.4 Å². The third-order valence-corrected chi connectivity index (χ3v) is 28.9. The molecule has 7 aromatic heterocycles. The first kappa shape index (κ1) is 87.6. The highest BCUT2D eigenvalue weighted by Crippen LogP contribution is 2.57. The summed E-state index contributed by atoms with van der Waals surface area (Å²) >= 11 is 1.66. The van der Waals surface area contributed by atoms with Gasteiger partial charge in [-0.1, -0.05) is 93.1 Å². The quantitative estimate of drug-likeness (QED) is 0.0282. The lowest BCUT2D eigenvalue weighted by atomic mass is 9.53. The van der Waals surface area contributed by atoms with Gasteiger partial charge in [-0.2, -0.15) is 31.3 Å². The molecule has 10 fully saturated rings. The predicted octanol–water partition coefficient (Wildman–Crippen LogP) is 11.3. The first-order valence-electron chi connectivity index (χ1n) is 42.8. The molecule has 23 rings (SSSR count). The first-order valence-corrected chi connectivity index (χ1v) is 46.6. The average Bonchev–Trinajstić information content (AvgIpc) is 1.50. The number of ether oxygens (including phenoxy) is 2. The lowest BCUT2D eigenvalue weighted by molar-refractivity contribution is -0.0167. The number of aromatic nitrogens is 24. The Morgan fingerprint density at radius 1 is 0.402 bits per heavy atom. The monoisotopic (exact) mass is 1780 g/mol. The maximum Gasteiger partial charge on any atom is 0.338 e. The molecule has 13 aromatic rings. The zero-order valence-corrected chi connectivity index (χ0v) is 72.2. The smallest absolute Gasteiger partial charge is 0.338 e. The van der Waals surface area contributed by atoms with Gasteiger partial charge in [0.05, 0.1) is 34.6 Å². The summed E-state index contributed by atoms with van der Waals surface area (Å²) in [5, 5.41) is 90.5. The van der Waals surface area contributed by atoms with Crippen LogP contribution in [-0.2, 0) is 35.9 Å². The van der Waals surface area contributed by atoms with E-state index in [0.717, 1.165) is 109 Å². The van der Waals surface area contributed by atoms with E-state index in [1.807, 2.05) is 53.9 Å². The van der Waals surface area contributed by atoms with Gasteiger partial charge in [-0.05, 0) is 284 Å². The Bertz CT molecular complexity index is 5820. The number of carbonyl (C=O) groups excluding carboxylic acids is 4.